The minimum Gasteiger partial charge on any atom is -0.451 e. The highest BCUT2D eigenvalue weighted by Crippen LogP contribution is 2.24. The molecule has 6 heteroatoms. The van der Waals surface area contributed by atoms with E-state index in [-0.39, 0.29) is 29.2 Å². The van der Waals surface area contributed by atoms with Crippen LogP contribution in [0.2, 0.25) is 0 Å². The third-order valence-corrected chi connectivity index (χ3v) is 6.05. The Morgan fingerprint density at radius 3 is 2.78 bits per heavy atom. The number of hydrogen-bond acceptors (Lipinski definition) is 4. The van der Waals surface area contributed by atoms with Crippen LogP contribution in [0, 0.1) is 0 Å². The van der Waals surface area contributed by atoms with E-state index in [1.54, 1.807) is 11.0 Å². The highest BCUT2D eigenvalue weighted by molar-refractivity contribution is 7.91. The summed E-state index contributed by atoms with van der Waals surface area (Å²) in [5.74, 6) is 0.291. The van der Waals surface area contributed by atoms with Gasteiger partial charge < -0.3 is 9.32 Å². The van der Waals surface area contributed by atoms with Crippen molar-refractivity contribution in [1.82, 2.24) is 4.90 Å². The molecule has 124 valence electrons. The molecule has 0 spiro atoms. The molecule has 5 nitrogen and oxygen atoms in total. The Balaban J connectivity index is 1.87. The number of amides is 1. The van der Waals surface area contributed by atoms with Crippen molar-refractivity contribution in [3.05, 3.63) is 36.1 Å². The summed E-state index contributed by atoms with van der Waals surface area (Å²) in [6, 6.07) is 8.96. The summed E-state index contributed by atoms with van der Waals surface area (Å²) in [6.07, 6.45) is 2.31. The number of carbonyl (C=O) groups excluding carboxylic acids is 1. The largest absolute Gasteiger partial charge is 0.451 e. The minimum atomic E-state index is -3.03. The molecule has 1 aliphatic rings. The molecule has 1 aromatic carbocycles. The molecule has 0 saturated carbocycles. The standard InChI is InChI=1S/C17H21NO4S/c1-2-3-9-18(14-8-10-23(20,21)12-14)17(19)16-11-13-6-4-5-7-15(13)22-16/h4-7,11,14H,2-3,8-10,12H2,1H3. The van der Waals surface area contributed by atoms with E-state index in [9.17, 15) is 13.2 Å². The second-order valence-corrected chi connectivity index (χ2v) is 8.29. The van der Waals surface area contributed by atoms with Gasteiger partial charge in [-0.2, -0.15) is 0 Å². The Kier molecular flexibility index (Phi) is 4.43. The number of unbranched alkanes of at least 4 members (excludes halogenated alkanes) is 1. The first-order chi connectivity index (χ1) is 11.0. The van der Waals surface area contributed by atoms with Gasteiger partial charge in [-0.05, 0) is 25.0 Å². The summed E-state index contributed by atoms with van der Waals surface area (Å²) in [5.41, 5.74) is 0.672. The van der Waals surface area contributed by atoms with Gasteiger partial charge in [0, 0.05) is 18.0 Å². The highest BCUT2D eigenvalue weighted by atomic mass is 32.2. The van der Waals surface area contributed by atoms with Crippen LogP contribution in [-0.2, 0) is 9.84 Å². The van der Waals surface area contributed by atoms with Crippen molar-refractivity contribution in [1.29, 1.82) is 0 Å². The van der Waals surface area contributed by atoms with Gasteiger partial charge in [0.15, 0.2) is 15.6 Å². The van der Waals surface area contributed by atoms with E-state index in [0.29, 0.717) is 18.5 Å². The number of sulfone groups is 1. The van der Waals surface area contributed by atoms with E-state index in [2.05, 4.69) is 6.92 Å². The predicted octanol–water partition coefficient (Wildman–Crippen LogP) is 2.86. The molecule has 0 N–H and O–H groups in total. The van der Waals surface area contributed by atoms with Crippen LogP contribution in [0.3, 0.4) is 0 Å². The van der Waals surface area contributed by atoms with Gasteiger partial charge >= 0.3 is 0 Å². The van der Waals surface area contributed by atoms with Gasteiger partial charge in [-0.25, -0.2) is 8.42 Å². The monoisotopic (exact) mass is 335 g/mol. The Hall–Kier alpha value is -1.82. The summed E-state index contributed by atoms with van der Waals surface area (Å²) < 4.78 is 29.2. The Morgan fingerprint density at radius 2 is 2.13 bits per heavy atom. The van der Waals surface area contributed by atoms with Crippen molar-refractivity contribution in [2.75, 3.05) is 18.1 Å². The third-order valence-electron chi connectivity index (χ3n) is 4.30. The number of rotatable bonds is 5. The van der Waals surface area contributed by atoms with E-state index in [1.165, 1.54) is 0 Å². The first kappa shape index (κ1) is 16.1. The molecule has 1 amide bonds. The van der Waals surface area contributed by atoms with E-state index in [4.69, 9.17) is 4.42 Å². The fourth-order valence-corrected chi connectivity index (χ4v) is 4.76. The molecule has 23 heavy (non-hydrogen) atoms. The lowest BCUT2D eigenvalue weighted by Gasteiger charge is -2.27. The molecule has 1 fully saturated rings. The summed E-state index contributed by atoms with van der Waals surface area (Å²) >= 11 is 0. The van der Waals surface area contributed by atoms with Gasteiger partial charge in [0.25, 0.3) is 5.91 Å². The van der Waals surface area contributed by atoms with Crippen molar-refractivity contribution < 1.29 is 17.6 Å². The van der Waals surface area contributed by atoms with Crippen LogP contribution < -0.4 is 0 Å². The van der Waals surface area contributed by atoms with Crippen LogP contribution in [0.5, 0.6) is 0 Å². The van der Waals surface area contributed by atoms with Crippen LogP contribution >= 0.6 is 0 Å². The number of benzene rings is 1. The van der Waals surface area contributed by atoms with Crippen LogP contribution in [0.4, 0.5) is 0 Å². The lowest BCUT2D eigenvalue weighted by Crippen LogP contribution is -2.41. The quantitative estimate of drug-likeness (QED) is 0.842. The fraction of sp³-hybridized carbons (Fsp3) is 0.471. The second kappa shape index (κ2) is 6.35. The number of furan rings is 1. The van der Waals surface area contributed by atoms with Gasteiger partial charge in [0.1, 0.15) is 5.58 Å². The Labute approximate surface area is 136 Å². The summed E-state index contributed by atoms with van der Waals surface area (Å²) in [4.78, 5) is 14.5. The molecule has 2 heterocycles. The topological polar surface area (TPSA) is 67.6 Å². The molecule has 1 atom stereocenters. The molecule has 1 aromatic heterocycles. The van der Waals surface area contributed by atoms with E-state index in [1.807, 2.05) is 24.3 Å². The number of carbonyl (C=O) groups is 1. The molecule has 0 radical (unpaired) electrons. The molecule has 1 aliphatic heterocycles. The number of para-hydroxylation sites is 1. The molecule has 3 rings (SSSR count). The zero-order chi connectivity index (χ0) is 16.4. The predicted molar refractivity (Wildman–Crippen MR) is 89.2 cm³/mol. The number of nitrogens with zero attached hydrogens (tertiary/aromatic N) is 1. The number of fused-ring (bicyclic) bond motifs is 1. The summed E-state index contributed by atoms with van der Waals surface area (Å²) in [5, 5.41) is 0.880. The highest BCUT2D eigenvalue weighted by Gasteiger charge is 2.35. The van der Waals surface area contributed by atoms with Crippen LogP contribution in [0.25, 0.3) is 11.0 Å². The molecule has 1 unspecified atom stereocenters. The third kappa shape index (κ3) is 3.42. The van der Waals surface area contributed by atoms with Crippen molar-refractivity contribution in [3.8, 4) is 0 Å². The van der Waals surface area contributed by atoms with Crippen molar-refractivity contribution in [2.45, 2.75) is 32.2 Å². The Bertz CT molecular complexity index is 776. The normalized spacial score (nSPS) is 20.0. The second-order valence-electron chi connectivity index (χ2n) is 6.06. The lowest BCUT2D eigenvalue weighted by molar-refractivity contribution is 0.0664. The minimum absolute atomic E-state index is 0.0582. The van der Waals surface area contributed by atoms with E-state index in [0.717, 1.165) is 18.2 Å². The lowest BCUT2D eigenvalue weighted by atomic mass is 10.1. The number of hydrogen-bond donors (Lipinski definition) is 0. The maximum Gasteiger partial charge on any atom is 0.289 e. The van der Waals surface area contributed by atoms with Crippen molar-refractivity contribution >= 4 is 26.7 Å². The average molecular weight is 335 g/mol. The molecule has 0 bridgehead atoms. The van der Waals surface area contributed by atoms with Crippen LogP contribution in [0.1, 0.15) is 36.7 Å². The Morgan fingerprint density at radius 1 is 1.35 bits per heavy atom. The maximum absolute atomic E-state index is 12.9. The maximum atomic E-state index is 12.9. The SMILES string of the molecule is CCCCN(C(=O)c1cc2ccccc2o1)C1CCS(=O)(=O)C1. The smallest absolute Gasteiger partial charge is 0.289 e. The molecular weight excluding hydrogens is 314 g/mol. The van der Waals surface area contributed by atoms with Crippen molar-refractivity contribution in [3.63, 3.8) is 0 Å². The average Bonchev–Trinajstić information content (AvgIpc) is 3.10. The van der Waals surface area contributed by atoms with Crippen LogP contribution in [-0.4, -0.2) is 43.3 Å². The summed E-state index contributed by atoms with van der Waals surface area (Å²) in [6.45, 7) is 2.61. The molecular formula is C17H21NO4S. The molecule has 2 aromatic rings. The first-order valence-electron chi connectivity index (χ1n) is 8.00. The van der Waals surface area contributed by atoms with Gasteiger partial charge in [0.2, 0.25) is 0 Å². The first-order valence-corrected chi connectivity index (χ1v) is 9.82. The fourth-order valence-electron chi connectivity index (χ4n) is 3.03. The van der Waals surface area contributed by atoms with Gasteiger partial charge in [-0.15, -0.1) is 0 Å². The van der Waals surface area contributed by atoms with Crippen LogP contribution in [0.15, 0.2) is 34.7 Å². The zero-order valence-electron chi connectivity index (χ0n) is 13.2. The van der Waals surface area contributed by atoms with Crippen molar-refractivity contribution in [2.24, 2.45) is 0 Å². The molecule has 0 aliphatic carbocycles. The molecule has 1 saturated heterocycles. The van der Waals surface area contributed by atoms with E-state index >= 15 is 0 Å². The zero-order valence-corrected chi connectivity index (χ0v) is 14.0. The van der Waals surface area contributed by atoms with E-state index < -0.39 is 9.84 Å². The van der Waals surface area contributed by atoms with Gasteiger partial charge in [-0.1, -0.05) is 31.5 Å². The van der Waals surface area contributed by atoms with Gasteiger partial charge in [-0.3, -0.25) is 4.79 Å². The summed E-state index contributed by atoms with van der Waals surface area (Å²) in [7, 11) is -3.03. The van der Waals surface area contributed by atoms with Gasteiger partial charge in [0.05, 0.1) is 11.5 Å².